The summed E-state index contributed by atoms with van der Waals surface area (Å²) < 4.78 is 28.9. The van der Waals surface area contributed by atoms with Crippen LogP contribution >= 0.6 is 0 Å². The molecular weight excluding hydrogens is 248 g/mol. The lowest BCUT2D eigenvalue weighted by Crippen LogP contribution is -2.36. The summed E-state index contributed by atoms with van der Waals surface area (Å²) in [6, 6.07) is 0. The van der Waals surface area contributed by atoms with E-state index in [-0.39, 0.29) is 5.41 Å². The van der Waals surface area contributed by atoms with Gasteiger partial charge in [-0.1, -0.05) is 6.92 Å². The molecule has 0 aliphatic carbocycles. The molecule has 1 aliphatic rings. The summed E-state index contributed by atoms with van der Waals surface area (Å²) in [6.45, 7) is 6.80. The van der Waals surface area contributed by atoms with Crippen molar-refractivity contribution in [3.63, 3.8) is 0 Å². The maximum absolute atomic E-state index is 11.8. The van der Waals surface area contributed by atoms with Crippen molar-refractivity contribution in [2.75, 3.05) is 18.1 Å². The predicted octanol–water partition coefficient (Wildman–Crippen LogP) is 3.31. The molecule has 1 fully saturated rings. The van der Waals surface area contributed by atoms with Gasteiger partial charge in [-0.25, -0.2) is 8.42 Å². The van der Waals surface area contributed by atoms with Crippen LogP contribution in [0.15, 0.2) is 11.8 Å². The summed E-state index contributed by atoms with van der Waals surface area (Å²) in [5.74, 6) is 0.752. The molecule has 18 heavy (non-hydrogen) atoms. The van der Waals surface area contributed by atoms with Crippen molar-refractivity contribution in [3.05, 3.63) is 11.8 Å². The van der Waals surface area contributed by atoms with Crippen LogP contribution in [-0.4, -0.2) is 26.5 Å². The van der Waals surface area contributed by atoms with Gasteiger partial charge in [0.05, 0.1) is 24.4 Å². The van der Waals surface area contributed by atoms with E-state index in [9.17, 15) is 8.42 Å². The quantitative estimate of drug-likeness (QED) is 0.551. The Morgan fingerprint density at radius 1 is 1.39 bits per heavy atom. The van der Waals surface area contributed by atoms with Gasteiger partial charge in [0.1, 0.15) is 0 Å². The van der Waals surface area contributed by atoms with E-state index < -0.39 is 9.84 Å². The Kier molecular flexibility index (Phi) is 5.70. The Bertz CT molecular complexity index is 380. The largest absolute Gasteiger partial charge is 0.501 e. The van der Waals surface area contributed by atoms with Gasteiger partial charge in [0.15, 0.2) is 9.84 Å². The van der Waals surface area contributed by atoms with Gasteiger partial charge in [-0.05, 0) is 56.9 Å². The van der Waals surface area contributed by atoms with Crippen LogP contribution in [0, 0.1) is 5.41 Å². The highest BCUT2D eigenvalue weighted by Gasteiger charge is 2.36. The third-order valence-electron chi connectivity index (χ3n) is 3.73. The topological polar surface area (TPSA) is 43.4 Å². The van der Waals surface area contributed by atoms with Crippen molar-refractivity contribution in [2.45, 2.75) is 52.9 Å². The van der Waals surface area contributed by atoms with Crippen molar-refractivity contribution in [3.8, 4) is 0 Å². The molecule has 106 valence electrons. The van der Waals surface area contributed by atoms with E-state index in [1.165, 1.54) is 0 Å². The van der Waals surface area contributed by atoms with Gasteiger partial charge in [-0.2, -0.15) is 0 Å². The molecule has 1 aliphatic heterocycles. The normalized spacial score (nSPS) is 26.6. The van der Waals surface area contributed by atoms with Gasteiger partial charge in [-0.15, -0.1) is 0 Å². The van der Waals surface area contributed by atoms with Crippen LogP contribution in [-0.2, 0) is 14.6 Å². The summed E-state index contributed by atoms with van der Waals surface area (Å²) >= 11 is 0. The zero-order valence-electron chi connectivity index (χ0n) is 11.9. The molecule has 1 atom stereocenters. The fourth-order valence-corrected chi connectivity index (χ4v) is 4.84. The molecule has 0 aromatic heterocycles. The minimum absolute atomic E-state index is 0.00537. The fourth-order valence-electron chi connectivity index (χ4n) is 2.69. The highest BCUT2D eigenvalue weighted by Crippen LogP contribution is 2.38. The van der Waals surface area contributed by atoms with Crippen LogP contribution in [0.3, 0.4) is 0 Å². The SMILES string of the molecule is CCC1(CCCOC=C(C)C)CCCS(=O)(=O)C1. The third kappa shape index (κ3) is 5.01. The Morgan fingerprint density at radius 3 is 2.67 bits per heavy atom. The number of hydrogen-bond acceptors (Lipinski definition) is 3. The highest BCUT2D eigenvalue weighted by atomic mass is 32.2. The second-order valence-electron chi connectivity index (χ2n) is 5.72. The maximum Gasteiger partial charge on any atom is 0.150 e. The number of hydrogen-bond donors (Lipinski definition) is 0. The molecule has 1 saturated heterocycles. The number of ether oxygens (including phenoxy) is 1. The summed E-state index contributed by atoms with van der Waals surface area (Å²) in [5.41, 5.74) is 1.16. The lowest BCUT2D eigenvalue weighted by molar-refractivity contribution is 0.190. The first-order chi connectivity index (χ1) is 8.39. The lowest BCUT2D eigenvalue weighted by atomic mass is 9.78. The molecule has 1 unspecified atom stereocenters. The zero-order valence-corrected chi connectivity index (χ0v) is 12.7. The average Bonchev–Trinajstić information content (AvgIpc) is 2.27. The summed E-state index contributed by atoms with van der Waals surface area (Å²) in [7, 11) is -2.81. The first kappa shape index (κ1) is 15.5. The van der Waals surface area contributed by atoms with Crippen molar-refractivity contribution >= 4 is 9.84 Å². The molecule has 0 aromatic carbocycles. The van der Waals surface area contributed by atoms with Gasteiger partial charge in [0, 0.05) is 0 Å². The average molecular weight is 274 g/mol. The third-order valence-corrected chi connectivity index (χ3v) is 5.69. The zero-order chi connectivity index (χ0) is 13.6. The molecule has 0 amide bonds. The monoisotopic (exact) mass is 274 g/mol. The number of rotatable bonds is 6. The van der Waals surface area contributed by atoms with E-state index in [4.69, 9.17) is 4.74 Å². The maximum atomic E-state index is 11.8. The Balaban J connectivity index is 2.44. The minimum atomic E-state index is -2.81. The Hall–Kier alpha value is -0.510. The van der Waals surface area contributed by atoms with Crippen LogP contribution in [0.25, 0.3) is 0 Å². The summed E-state index contributed by atoms with van der Waals surface area (Å²) in [6.07, 6.45) is 6.49. The number of sulfone groups is 1. The molecule has 0 radical (unpaired) electrons. The highest BCUT2D eigenvalue weighted by molar-refractivity contribution is 7.91. The van der Waals surface area contributed by atoms with E-state index in [0.29, 0.717) is 18.1 Å². The second-order valence-corrected chi connectivity index (χ2v) is 7.90. The smallest absolute Gasteiger partial charge is 0.150 e. The summed E-state index contributed by atoms with van der Waals surface area (Å²) in [4.78, 5) is 0. The van der Waals surface area contributed by atoms with E-state index in [1.807, 2.05) is 13.8 Å². The van der Waals surface area contributed by atoms with Crippen LogP contribution in [0.2, 0.25) is 0 Å². The van der Waals surface area contributed by atoms with Crippen LogP contribution < -0.4 is 0 Å². The first-order valence-electron chi connectivity index (χ1n) is 6.85. The Labute approximate surface area is 112 Å². The number of allylic oxidation sites excluding steroid dienone is 1. The fraction of sp³-hybridized carbons (Fsp3) is 0.857. The van der Waals surface area contributed by atoms with Crippen LogP contribution in [0.5, 0.6) is 0 Å². The molecule has 4 heteroatoms. The molecule has 0 bridgehead atoms. The summed E-state index contributed by atoms with van der Waals surface area (Å²) in [5, 5.41) is 0. The van der Waals surface area contributed by atoms with E-state index in [2.05, 4.69) is 6.92 Å². The minimum Gasteiger partial charge on any atom is -0.501 e. The predicted molar refractivity (Wildman–Crippen MR) is 75.2 cm³/mol. The first-order valence-corrected chi connectivity index (χ1v) is 8.67. The molecule has 0 spiro atoms. The van der Waals surface area contributed by atoms with Crippen LogP contribution in [0.1, 0.15) is 52.9 Å². The molecule has 0 aromatic rings. The van der Waals surface area contributed by atoms with E-state index in [1.54, 1.807) is 6.26 Å². The van der Waals surface area contributed by atoms with Crippen molar-refractivity contribution in [1.29, 1.82) is 0 Å². The van der Waals surface area contributed by atoms with Crippen molar-refractivity contribution in [1.82, 2.24) is 0 Å². The van der Waals surface area contributed by atoms with Crippen molar-refractivity contribution < 1.29 is 13.2 Å². The Morgan fingerprint density at radius 2 is 2.11 bits per heavy atom. The van der Waals surface area contributed by atoms with Gasteiger partial charge >= 0.3 is 0 Å². The van der Waals surface area contributed by atoms with Gasteiger partial charge < -0.3 is 4.74 Å². The van der Waals surface area contributed by atoms with Crippen molar-refractivity contribution in [2.24, 2.45) is 5.41 Å². The molecule has 0 saturated carbocycles. The van der Waals surface area contributed by atoms with Gasteiger partial charge in [0.2, 0.25) is 0 Å². The molecule has 1 rings (SSSR count). The lowest BCUT2D eigenvalue weighted by Gasteiger charge is -2.36. The van der Waals surface area contributed by atoms with E-state index in [0.717, 1.165) is 37.7 Å². The second kappa shape index (κ2) is 6.60. The molecule has 0 N–H and O–H groups in total. The van der Waals surface area contributed by atoms with Gasteiger partial charge in [-0.3, -0.25) is 0 Å². The van der Waals surface area contributed by atoms with E-state index >= 15 is 0 Å². The molecule has 1 heterocycles. The standard InChI is InChI=1S/C14H26O3S/c1-4-14(7-5-9-17-11-13(2)3)8-6-10-18(15,16)12-14/h11H,4-10,12H2,1-3H3. The molecule has 3 nitrogen and oxygen atoms in total. The molecular formula is C14H26O3S. The van der Waals surface area contributed by atoms with Gasteiger partial charge in [0.25, 0.3) is 0 Å². The van der Waals surface area contributed by atoms with Crippen LogP contribution in [0.4, 0.5) is 0 Å².